The highest BCUT2D eigenvalue weighted by Gasteiger charge is 2.19. The summed E-state index contributed by atoms with van der Waals surface area (Å²) in [7, 11) is 0. The molecule has 0 fully saturated rings. The molecule has 0 saturated heterocycles. The fraction of sp³-hybridized carbons (Fsp3) is 0.903. The maximum atomic E-state index is 12.9. The molecule has 78 heavy (non-hydrogen) atoms. The molecule has 0 radical (unpaired) electrons. The summed E-state index contributed by atoms with van der Waals surface area (Å²) in [4.78, 5) is 38.2. The van der Waals surface area contributed by atoms with Gasteiger partial charge in [-0.1, -0.05) is 334 Å². The van der Waals surface area contributed by atoms with Gasteiger partial charge in [0.2, 0.25) is 0 Å². The standard InChI is InChI=1S/C72H136O6/c1-4-7-10-13-16-19-22-25-26-27-28-29-30-31-32-33-34-35-36-37-38-39-40-41-42-43-44-45-48-50-53-56-59-62-65-71(74)77-68-69(78-72(75)66-63-60-57-54-51-47-24-21-18-15-12-9-6-3)67-76-70(73)64-61-58-55-52-49-46-23-20-17-14-11-8-5-2/h20-21,23-24,69H,4-19,22,25-68H2,1-3H3/b23-20-,24-21-. The van der Waals surface area contributed by atoms with Gasteiger partial charge in [0.15, 0.2) is 6.10 Å². The van der Waals surface area contributed by atoms with Gasteiger partial charge in [0, 0.05) is 19.3 Å². The lowest BCUT2D eigenvalue weighted by atomic mass is 10.0. The summed E-state index contributed by atoms with van der Waals surface area (Å²) < 4.78 is 16.9. The second kappa shape index (κ2) is 67.4. The summed E-state index contributed by atoms with van der Waals surface area (Å²) in [6.07, 6.45) is 82.4. The van der Waals surface area contributed by atoms with Crippen LogP contribution in [-0.4, -0.2) is 37.2 Å². The highest BCUT2D eigenvalue weighted by molar-refractivity contribution is 5.71. The van der Waals surface area contributed by atoms with Crippen LogP contribution < -0.4 is 0 Å². The Bertz CT molecular complexity index is 1260. The average Bonchev–Trinajstić information content (AvgIpc) is 3.44. The summed E-state index contributed by atoms with van der Waals surface area (Å²) in [5, 5.41) is 0. The van der Waals surface area contributed by atoms with Crippen molar-refractivity contribution < 1.29 is 28.6 Å². The minimum Gasteiger partial charge on any atom is -0.462 e. The first-order valence-corrected chi connectivity index (χ1v) is 35.3. The number of rotatable bonds is 66. The van der Waals surface area contributed by atoms with Crippen LogP contribution in [0.4, 0.5) is 0 Å². The molecule has 0 N–H and O–H groups in total. The molecule has 6 heteroatoms. The van der Waals surface area contributed by atoms with Gasteiger partial charge in [0.05, 0.1) is 0 Å². The van der Waals surface area contributed by atoms with Crippen LogP contribution in [0.15, 0.2) is 24.3 Å². The van der Waals surface area contributed by atoms with E-state index in [0.717, 1.165) is 70.6 Å². The molecule has 0 aliphatic heterocycles. The molecule has 0 bridgehead atoms. The number of unbranched alkanes of at least 4 members (excludes halogenated alkanes) is 51. The Kier molecular flexibility index (Phi) is 65.6. The summed E-state index contributed by atoms with van der Waals surface area (Å²) >= 11 is 0. The van der Waals surface area contributed by atoms with E-state index in [4.69, 9.17) is 14.2 Å². The predicted octanol–water partition coefficient (Wildman–Crippen LogP) is 24.2. The van der Waals surface area contributed by atoms with Crippen molar-refractivity contribution in [2.24, 2.45) is 0 Å². The van der Waals surface area contributed by atoms with Gasteiger partial charge in [0.25, 0.3) is 0 Å². The van der Waals surface area contributed by atoms with Gasteiger partial charge in [0.1, 0.15) is 13.2 Å². The third kappa shape index (κ3) is 64.7. The molecular weight excluding hydrogens is 961 g/mol. The predicted molar refractivity (Wildman–Crippen MR) is 340 cm³/mol. The first-order valence-electron chi connectivity index (χ1n) is 35.3. The Morgan fingerprint density at radius 1 is 0.244 bits per heavy atom. The molecule has 0 saturated carbocycles. The zero-order chi connectivity index (χ0) is 56.4. The van der Waals surface area contributed by atoms with Crippen LogP contribution in [0.3, 0.4) is 0 Å². The van der Waals surface area contributed by atoms with Crippen LogP contribution in [0.1, 0.15) is 400 Å². The second-order valence-corrected chi connectivity index (χ2v) is 24.1. The maximum absolute atomic E-state index is 12.9. The van der Waals surface area contributed by atoms with Crippen LogP contribution in [0.2, 0.25) is 0 Å². The van der Waals surface area contributed by atoms with Gasteiger partial charge in [-0.25, -0.2) is 0 Å². The molecule has 0 aliphatic rings. The second-order valence-electron chi connectivity index (χ2n) is 24.1. The Morgan fingerprint density at radius 2 is 0.423 bits per heavy atom. The van der Waals surface area contributed by atoms with E-state index in [1.165, 1.54) is 289 Å². The average molecular weight is 1100 g/mol. The molecule has 6 nitrogen and oxygen atoms in total. The number of allylic oxidation sites excluding steroid dienone is 4. The van der Waals surface area contributed by atoms with Crippen LogP contribution in [0.25, 0.3) is 0 Å². The first-order chi connectivity index (χ1) is 38.5. The Hall–Kier alpha value is -2.11. The maximum Gasteiger partial charge on any atom is 0.306 e. The van der Waals surface area contributed by atoms with Gasteiger partial charge < -0.3 is 14.2 Å². The number of carbonyl (C=O) groups is 3. The molecule has 0 amide bonds. The molecule has 0 aromatic heterocycles. The molecule has 0 rings (SSSR count). The van der Waals surface area contributed by atoms with Gasteiger partial charge in [-0.3, -0.25) is 14.4 Å². The van der Waals surface area contributed by atoms with E-state index < -0.39 is 6.10 Å². The normalized spacial score (nSPS) is 12.1. The quantitative estimate of drug-likeness (QED) is 0.0261. The van der Waals surface area contributed by atoms with Crippen molar-refractivity contribution in [2.45, 2.75) is 406 Å². The summed E-state index contributed by atoms with van der Waals surface area (Å²) in [6, 6.07) is 0. The molecule has 0 aromatic carbocycles. The molecule has 460 valence electrons. The number of carbonyl (C=O) groups excluding carboxylic acids is 3. The van der Waals surface area contributed by atoms with E-state index in [-0.39, 0.29) is 31.1 Å². The van der Waals surface area contributed by atoms with E-state index in [1.807, 2.05) is 0 Å². The molecule has 1 atom stereocenters. The van der Waals surface area contributed by atoms with E-state index >= 15 is 0 Å². The number of hydrogen-bond acceptors (Lipinski definition) is 6. The van der Waals surface area contributed by atoms with E-state index in [0.29, 0.717) is 19.3 Å². The molecule has 0 spiro atoms. The van der Waals surface area contributed by atoms with Crippen LogP contribution >= 0.6 is 0 Å². The van der Waals surface area contributed by atoms with Crippen molar-refractivity contribution >= 4 is 17.9 Å². The summed E-state index contributed by atoms with van der Waals surface area (Å²) in [5.41, 5.74) is 0. The largest absolute Gasteiger partial charge is 0.462 e. The monoisotopic (exact) mass is 1100 g/mol. The lowest BCUT2D eigenvalue weighted by molar-refractivity contribution is -0.167. The van der Waals surface area contributed by atoms with Crippen LogP contribution in [0, 0.1) is 0 Å². The lowest BCUT2D eigenvalue weighted by Crippen LogP contribution is -2.30. The van der Waals surface area contributed by atoms with Gasteiger partial charge in [-0.15, -0.1) is 0 Å². The number of hydrogen-bond donors (Lipinski definition) is 0. The Labute approximate surface area is 487 Å². The Morgan fingerprint density at radius 3 is 0.654 bits per heavy atom. The van der Waals surface area contributed by atoms with Crippen molar-refractivity contribution in [1.82, 2.24) is 0 Å². The summed E-state index contributed by atoms with van der Waals surface area (Å²) in [6.45, 7) is 6.66. The third-order valence-electron chi connectivity index (χ3n) is 16.2. The zero-order valence-corrected chi connectivity index (χ0v) is 53.0. The van der Waals surface area contributed by atoms with Crippen molar-refractivity contribution in [1.29, 1.82) is 0 Å². The highest BCUT2D eigenvalue weighted by Crippen LogP contribution is 2.19. The lowest BCUT2D eigenvalue weighted by Gasteiger charge is -2.18. The minimum atomic E-state index is -0.776. The third-order valence-corrected chi connectivity index (χ3v) is 16.2. The van der Waals surface area contributed by atoms with Crippen molar-refractivity contribution in [3.63, 3.8) is 0 Å². The summed E-state index contributed by atoms with van der Waals surface area (Å²) in [5.74, 6) is -0.866. The van der Waals surface area contributed by atoms with Crippen LogP contribution in [0.5, 0.6) is 0 Å². The molecule has 0 heterocycles. The zero-order valence-electron chi connectivity index (χ0n) is 53.0. The molecular formula is C72H136O6. The fourth-order valence-corrected chi connectivity index (χ4v) is 10.8. The minimum absolute atomic E-state index is 0.0726. The number of ether oxygens (including phenoxy) is 3. The van der Waals surface area contributed by atoms with Gasteiger partial charge >= 0.3 is 17.9 Å². The topological polar surface area (TPSA) is 78.9 Å². The van der Waals surface area contributed by atoms with E-state index in [2.05, 4.69) is 45.1 Å². The highest BCUT2D eigenvalue weighted by atomic mass is 16.6. The van der Waals surface area contributed by atoms with Crippen LogP contribution in [-0.2, 0) is 28.6 Å². The Balaban J connectivity index is 4.01. The first kappa shape index (κ1) is 75.9. The van der Waals surface area contributed by atoms with Gasteiger partial charge in [-0.2, -0.15) is 0 Å². The molecule has 0 aromatic rings. The van der Waals surface area contributed by atoms with Crippen molar-refractivity contribution in [3.8, 4) is 0 Å². The molecule has 1 unspecified atom stereocenters. The van der Waals surface area contributed by atoms with Crippen molar-refractivity contribution in [2.75, 3.05) is 13.2 Å². The van der Waals surface area contributed by atoms with Crippen molar-refractivity contribution in [3.05, 3.63) is 24.3 Å². The van der Waals surface area contributed by atoms with E-state index in [1.54, 1.807) is 0 Å². The van der Waals surface area contributed by atoms with E-state index in [9.17, 15) is 14.4 Å². The SMILES string of the molecule is CCCCCC/C=C\CCCCCCCC(=O)OCC(COC(=O)CCCCCCCCCCCCCCCCCCCCCCCCCCCCCCCCCCCC)OC(=O)CCCCCCC/C=C\CCCCCC. The fourth-order valence-electron chi connectivity index (χ4n) is 10.8. The number of esters is 3. The smallest absolute Gasteiger partial charge is 0.306 e. The molecule has 0 aliphatic carbocycles. The van der Waals surface area contributed by atoms with Gasteiger partial charge in [-0.05, 0) is 70.6 Å².